The van der Waals surface area contributed by atoms with Crippen molar-refractivity contribution in [1.82, 2.24) is 9.27 Å². The molecule has 1 N–H and O–H groups in total. The molecule has 1 saturated heterocycles. The number of piperidine rings is 1. The van der Waals surface area contributed by atoms with E-state index < -0.39 is 6.09 Å². The van der Waals surface area contributed by atoms with Crippen molar-refractivity contribution < 1.29 is 18.7 Å². The lowest BCUT2D eigenvalue weighted by molar-refractivity contribution is 0.0830. The summed E-state index contributed by atoms with van der Waals surface area (Å²) < 4.78 is 23.4. The van der Waals surface area contributed by atoms with Gasteiger partial charge in [0.15, 0.2) is 5.78 Å². The summed E-state index contributed by atoms with van der Waals surface area (Å²) >= 11 is 1.34. The summed E-state index contributed by atoms with van der Waals surface area (Å²) in [6, 6.07) is 11.4. The van der Waals surface area contributed by atoms with Crippen LogP contribution in [0.15, 0.2) is 48.7 Å². The van der Waals surface area contributed by atoms with Crippen LogP contribution in [0.25, 0.3) is 10.1 Å². The SMILES string of the molecule is O=C(Nc1cccc2cnsc12)OCCCN1CCC(C(=O)c2ccc(F)cc2)CC1. The van der Waals surface area contributed by atoms with Crippen LogP contribution in [0.1, 0.15) is 29.6 Å². The number of ketones is 1. The molecule has 1 aliphatic rings. The first-order valence-electron chi connectivity index (χ1n) is 10.4. The standard InChI is InChI=1S/C23H24FN3O3S/c24-19-7-5-16(6-8-19)21(28)17-9-12-27(13-10-17)11-2-14-30-23(29)26-20-4-1-3-18-15-25-31-22(18)20/h1,3-8,15,17H,2,9-14H2,(H,26,29). The van der Waals surface area contributed by atoms with Gasteiger partial charge in [0, 0.05) is 29.6 Å². The van der Waals surface area contributed by atoms with E-state index in [9.17, 15) is 14.0 Å². The van der Waals surface area contributed by atoms with Gasteiger partial charge < -0.3 is 9.64 Å². The van der Waals surface area contributed by atoms with Gasteiger partial charge in [0.05, 0.1) is 17.0 Å². The molecular weight excluding hydrogens is 417 g/mol. The van der Waals surface area contributed by atoms with Gasteiger partial charge in [0.2, 0.25) is 0 Å². The van der Waals surface area contributed by atoms with E-state index in [0.717, 1.165) is 49.0 Å². The fourth-order valence-corrected chi connectivity index (χ4v) is 4.58. The zero-order valence-corrected chi connectivity index (χ0v) is 17.9. The number of ether oxygens (including phenoxy) is 1. The highest BCUT2D eigenvalue weighted by atomic mass is 32.1. The number of carbonyl (C=O) groups excluding carboxylic acids is 2. The van der Waals surface area contributed by atoms with Gasteiger partial charge in [0.25, 0.3) is 0 Å². The zero-order valence-electron chi connectivity index (χ0n) is 17.1. The van der Waals surface area contributed by atoms with Crippen molar-refractivity contribution in [2.45, 2.75) is 19.3 Å². The molecule has 3 aromatic rings. The van der Waals surface area contributed by atoms with Crippen molar-refractivity contribution >= 4 is 39.2 Å². The van der Waals surface area contributed by atoms with Crippen molar-refractivity contribution in [1.29, 1.82) is 0 Å². The summed E-state index contributed by atoms with van der Waals surface area (Å²) in [5, 5.41) is 3.77. The molecule has 1 amide bonds. The number of nitrogens with one attached hydrogen (secondary N) is 1. The maximum absolute atomic E-state index is 13.0. The van der Waals surface area contributed by atoms with Gasteiger partial charge in [-0.25, -0.2) is 9.18 Å². The molecule has 0 unspecified atom stereocenters. The highest BCUT2D eigenvalue weighted by Crippen LogP contribution is 2.26. The van der Waals surface area contributed by atoms with Crippen molar-refractivity contribution in [2.75, 3.05) is 31.6 Å². The number of hydrogen-bond acceptors (Lipinski definition) is 6. The lowest BCUT2D eigenvalue weighted by atomic mass is 9.89. The molecule has 162 valence electrons. The fraction of sp³-hybridized carbons (Fsp3) is 0.348. The number of amides is 1. The molecule has 6 nitrogen and oxygen atoms in total. The van der Waals surface area contributed by atoms with Crippen LogP contribution < -0.4 is 5.32 Å². The number of anilines is 1. The second-order valence-corrected chi connectivity index (χ2v) is 8.45. The van der Waals surface area contributed by atoms with E-state index >= 15 is 0 Å². The average molecular weight is 442 g/mol. The molecule has 0 saturated carbocycles. The number of halogens is 1. The Morgan fingerprint density at radius 2 is 1.94 bits per heavy atom. The van der Waals surface area contributed by atoms with Gasteiger partial charge in [-0.05, 0) is 74.2 Å². The minimum Gasteiger partial charge on any atom is -0.449 e. The summed E-state index contributed by atoms with van der Waals surface area (Å²) in [5.41, 5.74) is 1.28. The molecule has 2 heterocycles. The molecule has 1 aromatic heterocycles. The monoisotopic (exact) mass is 441 g/mol. The Morgan fingerprint density at radius 3 is 2.71 bits per heavy atom. The van der Waals surface area contributed by atoms with Gasteiger partial charge >= 0.3 is 6.09 Å². The van der Waals surface area contributed by atoms with Crippen molar-refractivity contribution in [3.63, 3.8) is 0 Å². The number of aromatic nitrogens is 1. The topological polar surface area (TPSA) is 71.5 Å². The van der Waals surface area contributed by atoms with Crippen molar-refractivity contribution in [3.8, 4) is 0 Å². The number of nitrogens with zero attached hydrogens (tertiary/aromatic N) is 2. The number of fused-ring (bicyclic) bond motifs is 1. The summed E-state index contributed by atoms with van der Waals surface area (Å²) in [6.45, 7) is 2.81. The van der Waals surface area contributed by atoms with Crippen LogP contribution >= 0.6 is 11.5 Å². The maximum atomic E-state index is 13.0. The third-order valence-electron chi connectivity index (χ3n) is 5.56. The maximum Gasteiger partial charge on any atom is 0.411 e. The fourth-order valence-electron chi connectivity index (χ4n) is 3.86. The predicted octanol–water partition coefficient (Wildman–Crippen LogP) is 4.97. The number of likely N-dealkylation sites (tertiary alicyclic amines) is 1. The Labute approximate surface area is 184 Å². The Morgan fingerprint density at radius 1 is 1.16 bits per heavy atom. The summed E-state index contributed by atoms with van der Waals surface area (Å²) in [4.78, 5) is 26.9. The molecular formula is C23H24FN3O3S. The van der Waals surface area contributed by atoms with Gasteiger partial charge in [-0.1, -0.05) is 12.1 Å². The third kappa shape index (κ3) is 5.45. The van der Waals surface area contributed by atoms with Crippen molar-refractivity contribution in [2.24, 2.45) is 5.92 Å². The van der Waals surface area contributed by atoms with Gasteiger partial charge in [-0.15, -0.1) is 0 Å². The number of carbonyl (C=O) groups is 2. The largest absolute Gasteiger partial charge is 0.449 e. The molecule has 0 bridgehead atoms. The van der Waals surface area contributed by atoms with Gasteiger partial charge in [0.1, 0.15) is 5.82 Å². The summed E-state index contributed by atoms with van der Waals surface area (Å²) in [6.07, 6.45) is 3.61. The van der Waals surface area contributed by atoms with Crippen LogP contribution in [-0.4, -0.2) is 47.4 Å². The second kappa shape index (κ2) is 9.98. The minimum absolute atomic E-state index is 0.0156. The molecule has 0 radical (unpaired) electrons. The summed E-state index contributed by atoms with van der Waals surface area (Å²) in [5.74, 6) is -0.253. The number of benzene rings is 2. The molecule has 8 heteroatoms. The van der Waals surface area contributed by atoms with E-state index in [1.807, 2.05) is 18.2 Å². The van der Waals surface area contributed by atoms with Crippen molar-refractivity contribution in [3.05, 3.63) is 60.0 Å². The second-order valence-electron chi connectivity index (χ2n) is 7.65. The van der Waals surface area contributed by atoms with E-state index in [1.54, 1.807) is 18.3 Å². The Balaban J connectivity index is 1.15. The van der Waals surface area contributed by atoms with E-state index in [-0.39, 0.29) is 17.5 Å². The normalized spacial score (nSPS) is 15.1. The minimum atomic E-state index is -0.468. The summed E-state index contributed by atoms with van der Waals surface area (Å²) in [7, 11) is 0. The highest BCUT2D eigenvalue weighted by molar-refractivity contribution is 7.14. The molecule has 0 atom stereocenters. The molecule has 1 fully saturated rings. The Hall–Kier alpha value is -2.84. The van der Waals surface area contributed by atoms with E-state index in [1.165, 1.54) is 23.7 Å². The highest BCUT2D eigenvalue weighted by Gasteiger charge is 2.25. The van der Waals surface area contributed by atoms with E-state index in [2.05, 4.69) is 14.6 Å². The molecule has 0 aliphatic carbocycles. The number of rotatable bonds is 7. The van der Waals surface area contributed by atoms with Crippen LogP contribution in [0.4, 0.5) is 14.9 Å². The van der Waals surface area contributed by atoms with E-state index in [4.69, 9.17) is 4.74 Å². The van der Waals surface area contributed by atoms with Crippen LogP contribution in [0.3, 0.4) is 0 Å². The van der Waals surface area contributed by atoms with Gasteiger partial charge in [-0.3, -0.25) is 10.1 Å². The first-order chi connectivity index (χ1) is 15.1. The number of hydrogen-bond donors (Lipinski definition) is 1. The van der Waals surface area contributed by atoms with E-state index in [0.29, 0.717) is 17.9 Å². The average Bonchev–Trinajstić information content (AvgIpc) is 3.27. The number of Topliss-reactive ketones (excluding diaryl/α,β-unsaturated/α-hetero) is 1. The molecule has 4 rings (SSSR count). The van der Waals surface area contributed by atoms with Crippen LogP contribution in [0.5, 0.6) is 0 Å². The van der Waals surface area contributed by atoms with Crippen LogP contribution in [-0.2, 0) is 4.74 Å². The quantitative estimate of drug-likeness (QED) is 0.414. The molecule has 1 aliphatic heterocycles. The lowest BCUT2D eigenvalue weighted by Gasteiger charge is -2.31. The Kier molecular flexibility index (Phi) is 6.89. The molecule has 2 aromatic carbocycles. The lowest BCUT2D eigenvalue weighted by Crippen LogP contribution is -2.37. The first kappa shape index (κ1) is 21.4. The van der Waals surface area contributed by atoms with Crippen LogP contribution in [0.2, 0.25) is 0 Å². The smallest absolute Gasteiger partial charge is 0.411 e. The van der Waals surface area contributed by atoms with Crippen LogP contribution in [0, 0.1) is 11.7 Å². The first-order valence-corrected chi connectivity index (χ1v) is 11.2. The molecule has 0 spiro atoms. The zero-order chi connectivity index (χ0) is 21.6. The predicted molar refractivity (Wildman–Crippen MR) is 119 cm³/mol. The third-order valence-corrected chi connectivity index (χ3v) is 6.41. The molecule has 31 heavy (non-hydrogen) atoms. The Bertz CT molecular complexity index is 1050. The van der Waals surface area contributed by atoms with Gasteiger partial charge in [-0.2, -0.15) is 4.37 Å².